The van der Waals surface area contributed by atoms with Gasteiger partial charge < -0.3 is 20.5 Å². The number of carbonyl (C=O) groups excluding carboxylic acids is 1. The van der Waals surface area contributed by atoms with E-state index in [2.05, 4.69) is 54.3 Å². The van der Waals surface area contributed by atoms with Crippen molar-refractivity contribution in [1.82, 2.24) is 19.9 Å². The lowest BCUT2D eigenvalue weighted by Gasteiger charge is -2.33. The molecule has 1 amide bonds. The number of benzene rings is 1. The van der Waals surface area contributed by atoms with E-state index in [-0.39, 0.29) is 24.0 Å². The molecule has 1 fully saturated rings. The molecule has 1 aromatic carbocycles. The molecule has 0 atom stereocenters. The van der Waals surface area contributed by atoms with Gasteiger partial charge in [-0.15, -0.1) is 0 Å². The summed E-state index contributed by atoms with van der Waals surface area (Å²) in [5.74, 6) is 4.92. The van der Waals surface area contributed by atoms with Crippen LogP contribution in [0.1, 0.15) is 21.6 Å². The molecule has 40 heavy (non-hydrogen) atoms. The largest absolute Gasteiger partial charge is 0.472 e. The molecule has 1 saturated heterocycles. The van der Waals surface area contributed by atoms with Crippen molar-refractivity contribution in [2.24, 2.45) is 5.73 Å². The van der Waals surface area contributed by atoms with Crippen LogP contribution in [0.25, 0.3) is 0 Å². The minimum atomic E-state index is -4.82. The van der Waals surface area contributed by atoms with Crippen molar-refractivity contribution >= 4 is 46.2 Å². The normalized spacial score (nSPS) is 14.0. The van der Waals surface area contributed by atoms with Gasteiger partial charge in [0.2, 0.25) is 11.8 Å². The van der Waals surface area contributed by atoms with Gasteiger partial charge in [-0.3, -0.25) is 9.69 Å². The van der Waals surface area contributed by atoms with Crippen molar-refractivity contribution in [3.8, 4) is 17.7 Å². The lowest BCUT2D eigenvalue weighted by Crippen LogP contribution is -2.47. The fourth-order valence-corrected chi connectivity index (χ4v) is 5.26. The van der Waals surface area contributed by atoms with Gasteiger partial charge in [0.05, 0.1) is 23.2 Å². The Morgan fingerprint density at radius 2 is 1.93 bits per heavy atom. The molecule has 3 heterocycles. The highest BCUT2D eigenvalue weighted by Gasteiger charge is 2.36. The summed E-state index contributed by atoms with van der Waals surface area (Å²) >= 11 is 3.14. The summed E-state index contributed by atoms with van der Waals surface area (Å²) < 4.78 is 47.8. The molecule has 14 heteroatoms. The van der Waals surface area contributed by atoms with Gasteiger partial charge in [0.15, 0.2) is 0 Å². The van der Waals surface area contributed by atoms with Crippen LogP contribution < -0.4 is 15.4 Å². The molecule has 2 aromatic heterocycles. The van der Waals surface area contributed by atoms with E-state index in [1.54, 1.807) is 0 Å². The van der Waals surface area contributed by atoms with Crippen LogP contribution in [-0.2, 0) is 12.8 Å². The van der Waals surface area contributed by atoms with Crippen molar-refractivity contribution in [3.63, 3.8) is 0 Å². The summed E-state index contributed by atoms with van der Waals surface area (Å²) in [5, 5.41) is 8.84. The van der Waals surface area contributed by atoms with Gasteiger partial charge in [-0.2, -0.15) is 18.2 Å². The van der Waals surface area contributed by atoms with Crippen LogP contribution in [0.15, 0.2) is 52.5 Å². The molecule has 0 aliphatic carbocycles. The van der Waals surface area contributed by atoms with Crippen molar-refractivity contribution in [3.05, 3.63) is 63.1 Å². The van der Waals surface area contributed by atoms with Gasteiger partial charge in [-0.25, -0.2) is 9.97 Å². The van der Waals surface area contributed by atoms with Gasteiger partial charge in [-0.05, 0) is 46.4 Å². The molecular formula is C26H24F3IN6O3S. The average molecular weight is 684 g/mol. The number of pyridine rings is 1. The van der Waals surface area contributed by atoms with Gasteiger partial charge in [0.25, 0.3) is 5.91 Å². The molecule has 4 rings (SSSR count). The molecule has 1 aliphatic rings. The minimum absolute atomic E-state index is 0.116. The van der Waals surface area contributed by atoms with Gasteiger partial charge in [0.1, 0.15) is 18.9 Å². The number of halogens is 4. The molecule has 0 saturated carbocycles. The number of aliphatic hydroxyl groups excluding tert-OH is 1. The molecule has 0 bridgehead atoms. The van der Waals surface area contributed by atoms with E-state index >= 15 is 0 Å². The molecule has 3 N–H and O–H groups in total. The number of hydrogen-bond donors (Lipinski definition) is 2. The third kappa shape index (κ3) is 7.96. The lowest BCUT2D eigenvalue weighted by molar-refractivity contribution is -0.138. The van der Waals surface area contributed by atoms with Gasteiger partial charge in [0, 0.05) is 40.8 Å². The molecule has 0 radical (unpaired) electrons. The zero-order valence-electron chi connectivity index (χ0n) is 21.0. The Morgan fingerprint density at radius 3 is 2.60 bits per heavy atom. The fourth-order valence-electron chi connectivity index (χ4n) is 3.82. The number of nitrogens with two attached hydrogens (primary N) is 1. The second-order valence-electron chi connectivity index (χ2n) is 8.56. The number of amides is 1. The van der Waals surface area contributed by atoms with Gasteiger partial charge >= 0.3 is 6.18 Å². The van der Waals surface area contributed by atoms with E-state index in [0.29, 0.717) is 30.5 Å². The van der Waals surface area contributed by atoms with Crippen molar-refractivity contribution in [1.29, 1.82) is 0 Å². The Hall–Kier alpha value is -3.13. The van der Waals surface area contributed by atoms with Crippen LogP contribution in [0.5, 0.6) is 5.88 Å². The van der Waals surface area contributed by atoms with E-state index in [1.807, 2.05) is 29.2 Å². The van der Waals surface area contributed by atoms with Crippen LogP contribution in [0, 0.1) is 15.4 Å². The summed E-state index contributed by atoms with van der Waals surface area (Å²) in [5.41, 5.74) is 3.93. The smallest absolute Gasteiger partial charge is 0.418 e. The quantitative estimate of drug-likeness (QED) is 0.272. The Bertz CT molecular complexity index is 1420. The molecule has 3 aromatic rings. The highest BCUT2D eigenvalue weighted by molar-refractivity contribution is 14.1. The number of anilines is 1. The number of hydrogen-bond acceptors (Lipinski definition) is 9. The molecule has 9 nitrogen and oxygen atoms in total. The van der Waals surface area contributed by atoms with Crippen molar-refractivity contribution in [2.45, 2.75) is 22.6 Å². The number of carbonyl (C=O) groups is 1. The summed E-state index contributed by atoms with van der Waals surface area (Å²) in [6, 6.07) is 8.53. The van der Waals surface area contributed by atoms with Crippen molar-refractivity contribution < 1.29 is 27.8 Å². The second-order valence-corrected chi connectivity index (χ2v) is 10.9. The van der Waals surface area contributed by atoms with E-state index in [9.17, 15) is 18.0 Å². The summed E-state index contributed by atoms with van der Waals surface area (Å²) in [6.07, 6.45) is -2.16. The monoisotopic (exact) mass is 684 g/mol. The predicted octanol–water partition coefficient (Wildman–Crippen LogP) is 3.44. The van der Waals surface area contributed by atoms with Crippen LogP contribution in [0.4, 0.5) is 19.1 Å². The number of primary amides is 1. The van der Waals surface area contributed by atoms with Crippen molar-refractivity contribution in [2.75, 3.05) is 44.2 Å². The van der Waals surface area contributed by atoms with E-state index < -0.39 is 23.3 Å². The number of piperazine rings is 1. The topological polar surface area (TPSA) is 118 Å². The number of aromatic nitrogens is 3. The molecule has 1 aliphatic heterocycles. The van der Waals surface area contributed by atoms with Gasteiger partial charge in [-0.1, -0.05) is 35.7 Å². The maximum absolute atomic E-state index is 13.6. The number of alkyl halides is 3. The first-order chi connectivity index (χ1) is 19.1. The number of ether oxygens (including phenoxy) is 1. The number of rotatable bonds is 8. The fraction of sp³-hybridized carbons (Fsp3) is 0.308. The highest BCUT2D eigenvalue weighted by atomic mass is 127. The van der Waals surface area contributed by atoms with Crippen LogP contribution >= 0.6 is 34.4 Å². The second kappa shape index (κ2) is 13.5. The summed E-state index contributed by atoms with van der Waals surface area (Å²) in [7, 11) is 0. The first-order valence-corrected chi connectivity index (χ1v) is 13.9. The lowest BCUT2D eigenvalue weighted by atomic mass is 10.2. The minimum Gasteiger partial charge on any atom is -0.472 e. The Kier molecular flexibility index (Phi) is 10.1. The third-order valence-corrected chi connectivity index (χ3v) is 7.40. The molecular weight excluding hydrogens is 660 g/mol. The SMILES string of the molecule is NC(=O)c1ncc(Sc2cnc(N3CCN(CC#CCO)CC3)nc2OCc2cccc(I)c2)cc1C(F)(F)F. The highest BCUT2D eigenvalue weighted by Crippen LogP contribution is 2.38. The number of nitrogens with zero attached hydrogens (tertiary/aromatic N) is 5. The maximum Gasteiger partial charge on any atom is 0.418 e. The first-order valence-electron chi connectivity index (χ1n) is 12.0. The van der Waals surface area contributed by atoms with E-state index in [0.717, 1.165) is 46.2 Å². The predicted molar refractivity (Wildman–Crippen MR) is 151 cm³/mol. The summed E-state index contributed by atoms with van der Waals surface area (Å²) in [6.45, 7) is 3.27. The zero-order valence-corrected chi connectivity index (χ0v) is 24.0. The third-order valence-electron chi connectivity index (χ3n) is 5.77. The van der Waals surface area contributed by atoms with Crippen LogP contribution in [0.2, 0.25) is 0 Å². The molecule has 0 spiro atoms. The van der Waals surface area contributed by atoms with Crippen LogP contribution in [-0.4, -0.2) is 70.2 Å². The molecule has 0 unspecified atom stereocenters. The van der Waals surface area contributed by atoms with E-state index in [1.165, 1.54) is 6.20 Å². The van der Waals surface area contributed by atoms with E-state index in [4.69, 9.17) is 15.6 Å². The molecule has 210 valence electrons. The van der Waals surface area contributed by atoms with Crippen LogP contribution in [0.3, 0.4) is 0 Å². The maximum atomic E-state index is 13.6. The number of aliphatic hydroxyl groups is 1. The first kappa shape index (κ1) is 29.8. The Morgan fingerprint density at radius 1 is 1.15 bits per heavy atom. The zero-order chi connectivity index (χ0) is 28.7. The Balaban J connectivity index is 1.59. The standard InChI is InChI=1S/C26H24F3IN6O3S/c27-26(28,29)20-13-19(14-32-22(20)23(31)38)40-21-15-33-25(36-9-7-35(8-10-36)6-1-2-11-37)34-24(21)39-16-17-4-3-5-18(30)12-17/h3-5,12-15,37H,6-11,16H2,(H2,31,38). The average Bonchev–Trinajstić information content (AvgIpc) is 2.92. The summed E-state index contributed by atoms with van der Waals surface area (Å²) in [4.78, 5) is 28.9. The Labute approximate surface area is 246 Å².